The number of likely N-dealkylation sites (tertiary alicyclic amines) is 1. The Morgan fingerprint density at radius 1 is 1.05 bits per heavy atom. The van der Waals surface area contributed by atoms with Crippen molar-refractivity contribution in [1.29, 1.82) is 0 Å². The molecule has 0 aromatic heterocycles. The summed E-state index contributed by atoms with van der Waals surface area (Å²) in [6, 6.07) is 6.15. The number of nitrogens with zero attached hydrogens (tertiary/aromatic N) is 1. The molecule has 1 aromatic carbocycles. The molecule has 4 aliphatic rings. The Morgan fingerprint density at radius 3 is 2.20 bits per heavy atom. The highest BCUT2D eigenvalue weighted by atomic mass is 16.2. The third-order valence-electron chi connectivity index (χ3n) is 9.79. The first-order valence-corrected chi connectivity index (χ1v) is 15.0. The van der Waals surface area contributed by atoms with Gasteiger partial charge in [-0.05, 0) is 80.2 Å². The maximum Gasteiger partial charge on any atom is 0.315 e. The standard InChI is InChI=1S/C32H44N4O5/c1-31(2,3)35-30(41)34-25(20-13-18-8-6-7-9-19(18)14-20)29(40)36-16-22-24(32(22,4)5)26(36)23(37)15-21(12-17-10-11-17)27(38)28(33)39/h6-9,17,20-22,24-26H,10-16H2,1-5H3,(H2,33,39)(H2,34,35,41)/t21?,22-,24-,25-,26+/m0/s1. The minimum Gasteiger partial charge on any atom is -0.363 e. The predicted octanol–water partition coefficient (Wildman–Crippen LogP) is 2.78. The summed E-state index contributed by atoms with van der Waals surface area (Å²) in [6.45, 7) is 10.3. The molecule has 222 valence electrons. The van der Waals surface area contributed by atoms with Crippen molar-refractivity contribution in [2.75, 3.05) is 6.54 Å². The summed E-state index contributed by atoms with van der Waals surface area (Å²) < 4.78 is 0. The number of nitrogens with one attached hydrogen (secondary N) is 2. The summed E-state index contributed by atoms with van der Waals surface area (Å²) in [5, 5.41) is 5.89. The van der Waals surface area contributed by atoms with Crippen LogP contribution in [0.3, 0.4) is 0 Å². The second-order valence-corrected chi connectivity index (χ2v) is 14.4. The smallest absolute Gasteiger partial charge is 0.315 e. The number of fused-ring (bicyclic) bond motifs is 2. The summed E-state index contributed by atoms with van der Waals surface area (Å²) in [5.41, 5.74) is 7.08. The van der Waals surface area contributed by atoms with E-state index in [1.165, 1.54) is 11.1 Å². The van der Waals surface area contributed by atoms with E-state index in [1.807, 2.05) is 32.9 Å². The third-order valence-corrected chi connectivity index (χ3v) is 9.79. The van der Waals surface area contributed by atoms with Crippen molar-refractivity contribution in [3.63, 3.8) is 0 Å². The molecule has 1 aliphatic heterocycles. The molecule has 41 heavy (non-hydrogen) atoms. The van der Waals surface area contributed by atoms with Crippen molar-refractivity contribution in [1.82, 2.24) is 15.5 Å². The van der Waals surface area contributed by atoms with Crippen molar-refractivity contribution in [2.45, 2.75) is 90.8 Å². The lowest BCUT2D eigenvalue weighted by Gasteiger charge is -2.35. The monoisotopic (exact) mass is 564 g/mol. The number of hydrogen-bond acceptors (Lipinski definition) is 5. The van der Waals surface area contributed by atoms with E-state index >= 15 is 0 Å². The van der Waals surface area contributed by atoms with Gasteiger partial charge < -0.3 is 21.3 Å². The average Bonchev–Trinajstić information content (AvgIpc) is 3.63. The number of ketones is 2. The van der Waals surface area contributed by atoms with Crippen molar-refractivity contribution in [3.8, 4) is 0 Å². The molecule has 9 heteroatoms. The third kappa shape index (κ3) is 6.04. The largest absolute Gasteiger partial charge is 0.363 e. The molecule has 1 aromatic rings. The molecule has 0 radical (unpaired) electrons. The van der Waals surface area contributed by atoms with Crippen LogP contribution in [0.4, 0.5) is 4.79 Å². The van der Waals surface area contributed by atoms with Crippen molar-refractivity contribution >= 4 is 29.4 Å². The fourth-order valence-electron chi connectivity index (χ4n) is 7.39. The topological polar surface area (TPSA) is 139 Å². The molecule has 0 spiro atoms. The van der Waals surface area contributed by atoms with Gasteiger partial charge in [0, 0.05) is 24.4 Å². The van der Waals surface area contributed by atoms with Crippen LogP contribution in [0.15, 0.2) is 24.3 Å². The number of carbonyl (C=O) groups is 5. The van der Waals surface area contributed by atoms with E-state index in [2.05, 4.69) is 36.6 Å². The Morgan fingerprint density at radius 2 is 1.66 bits per heavy atom. The number of hydrogen-bond donors (Lipinski definition) is 3. The zero-order valence-electron chi connectivity index (χ0n) is 24.9. The normalized spacial score (nSPS) is 26.0. The van der Waals surface area contributed by atoms with Crippen LogP contribution < -0.4 is 16.4 Å². The number of benzene rings is 1. The van der Waals surface area contributed by atoms with Gasteiger partial charge in [-0.3, -0.25) is 19.2 Å². The van der Waals surface area contributed by atoms with E-state index in [1.54, 1.807) is 4.90 Å². The van der Waals surface area contributed by atoms with Crippen LogP contribution in [-0.2, 0) is 32.0 Å². The summed E-state index contributed by atoms with van der Waals surface area (Å²) in [6.07, 6.45) is 3.66. The van der Waals surface area contributed by atoms with Crippen LogP contribution in [-0.4, -0.2) is 58.5 Å². The number of amides is 4. The Bertz CT molecular complexity index is 1240. The van der Waals surface area contributed by atoms with Gasteiger partial charge in [0.05, 0.1) is 6.04 Å². The van der Waals surface area contributed by atoms with Crippen LogP contribution >= 0.6 is 0 Å². The molecule has 9 nitrogen and oxygen atoms in total. The van der Waals surface area contributed by atoms with Crippen molar-refractivity contribution in [2.24, 2.45) is 40.7 Å². The van der Waals surface area contributed by atoms with Crippen molar-refractivity contribution < 1.29 is 24.0 Å². The molecular formula is C32H44N4O5. The lowest BCUT2D eigenvalue weighted by atomic mass is 9.86. The second-order valence-electron chi connectivity index (χ2n) is 14.4. The van der Waals surface area contributed by atoms with Crippen LogP contribution in [0.1, 0.15) is 71.4 Å². The Hall–Kier alpha value is -3.23. The number of piperidine rings is 1. The zero-order valence-corrected chi connectivity index (χ0v) is 24.9. The summed E-state index contributed by atoms with van der Waals surface area (Å²) in [4.78, 5) is 67.5. The fraction of sp³-hybridized carbons (Fsp3) is 0.656. The first-order chi connectivity index (χ1) is 19.2. The molecule has 1 unspecified atom stereocenters. The van der Waals surface area contributed by atoms with Crippen LogP contribution in [0.25, 0.3) is 0 Å². The molecule has 3 fully saturated rings. The van der Waals surface area contributed by atoms with E-state index < -0.39 is 41.3 Å². The van der Waals surface area contributed by atoms with E-state index in [9.17, 15) is 24.0 Å². The van der Waals surface area contributed by atoms with Gasteiger partial charge in [0.25, 0.3) is 5.91 Å². The molecule has 4 N–H and O–H groups in total. The molecule has 5 atom stereocenters. The first kappa shape index (κ1) is 29.3. The van der Waals surface area contributed by atoms with Gasteiger partial charge in [0.2, 0.25) is 11.7 Å². The quantitative estimate of drug-likeness (QED) is 0.375. The van der Waals surface area contributed by atoms with Gasteiger partial charge in [-0.15, -0.1) is 0 Å². The molecule has 0 bridgehead atoms. The molecule has 4 amide bonds. The first-order valence-electron chi connectivity index (χ1n) is 15.0. The van der Waals surface area contributed by atoms with Gasteiger partial charge in [-0.25, -0.2) is 4.79 Å². The molecule has 1 saturated heterocycles. The van der Waals surface area contributed by atoms with Gasteiger partial charge in [-0.2, -0.15) is 0 Å². The predicted molar refractivity (Wildman–Crippen MR) is 153 cm³/mol. The highest BCUT2D eigenvalue weighted by molar-refractivity contribution is 6.36. The lowest BCUT2D eigenvalue weighted by Crippen LogP contribution is -2.59. The number of carbonyl (C=O) groups excluding carboxylic acids is 5. The van der Waals surface area contributed by atoms with E-state index in [0.717, 1.165) is 12.8 Å². The molecule has 3 aliphatic carbocycles. The Labute approximate surface area is 242 Å². The summed E-state index contributed by atoms with van der Waals surface area (Å²) >= 11 is 0. The van der Waals surface area contributed by atoms with E-state index in [0.29, 0.717) is 31.7 Å². The Balaban J connectivity index is 1.39. The van der Waals surface area contributed by atoms with Crippen molar-refractivity contribution in [3.05, 3.63) is 35.4 Å². The Kier molecular flexibility index (Phi) is 7.53. The minimum absolute atomic E-state index is 0.0194. The number of rotatable bonds is 10. The fourth-order valence-corrected chi connectivity index (χ4v) is 7.39. The van der Waals surface area contributed by atoms with Crippen LogP contribution in [0.2, 0.25) is 0 Å². The SMILES string of the molecule is CC(C)(C)NC(=O)N[C@H](C(=O)N1C[C@H]2[C@@H]([C@H]1C(=O)CC(CC1CC1)C(=O)C(N)=O)C2(C)C)C1Cc2ccccc2C1. The van der Waals surface area contributed by atoms with Gasteiger partial charge >= 0.3 is 6.03 Å². The highest BCUT2D eigenvalue weighted by Gasteiger charge is 2.69. The second kappa shape index (κ2) is 10.6. The van der Waals surface area contributed by atoms with Gasteiger partial charge in [0.15, 0.2) is 5.78 Å². The lowest BCUT2D eigenvalue weighted by molar-refractivity contribution is -0.144. The van der Waals surface area contributed by atoms with E-state index in [4.69, 9.17) is 5.73 Å². The van der Waals surface area contributed by atoms with E-state index in [-0.39, 0.29) is 41.3 Å². The number of nitrogens with two attached hydrogens (primary N) is 1. The number of primary amides is 1. The maximum atomic E-state index is 14.4. The van der Waals surface area contributed by atoms with Crippen LogP contribution in [0.5, 0.6) is 0 Å². The highest BCUT2D eigenvalue weighted by Crippen LogP contribution is 2.65. The van der Waals surface area contributed by atoms with Crippen LogP contribution in [0, 0.1) is 35.0 Å². The summed E-state index contributed by atoms with van der Waals surface area (Å²) in [5.74, 6) is -2.57. The molecule has 5 rings (SSSR count). The maximum absolute atomic E-state index is 14.4. The van der Waals surface area contributed by atoms with Gasteiger partial charge in [-0.1, -0.05) is 51.0 Å². The molecule has 1 heterocycles. The minimum atomic E-state index is -1.01. The molecular weight excluding hydrogens is 520 g/mol. The number of urea groups is 1. The number of Topliss-reactive ketones (excluding diaryl/α,β-unsaturated/α-hetero) is 2. The summed E-state index contributed by atoms with van der Waals surface area (Å²) in [7, 11) is 0. The molecule has 2 saturated carbocycles. The zero-order chi connectivity index (χ0) is 29.9. The average molecular weight is 565 g/mol. The van der Waals surface area contributed by atoms with Gasteiger partial charge in [0.1, 0.15) is 6.04 Å².